The van der Waals surface area contributed by atoms with Crippen LogP contribution in [-0.2, 0) is 9.53 Å². The van der Waals surface area contributed by atoms with E-state index in [1.165, 1.54) is 18.7 Å². The van der Waals surface area contributed by atoms with E-state index in [-0.39, 0.29) is 0 Å². The van der Waals surface area contributed by atoms with E-state index in [0.29, 0.717) is 18.7 Å². The number of imide groups is 1. The lowest BCUT2D eigenvalue weighted by Gasteiger charge is -2.18. The SMILES string of the molecule is CCSc1ccccc1C(=O)OC(C)C(=O)N1CCNC1=O. The molecule has 1 N–H and O–H groups in total. The summed E-state index contributed by atoms with van der Waals surface area (Å²) in [6.07, 6.45) is -1.00. The molecule has 0 bridgehead atoms. The molecular weight excluding hydrogens is 304 g/mol. The summed E-state index contributed by atoms with van der Waals surface area (Å²) < 4.78 is 5.22. The lowest BCUT2D eigenvalue weighted by molar-refractivity contribution is -0.136. The van der Waals surface area contributed by atoms with Gasteiger partial charge in [0.05, 0.1) is 5.56 Å². The molecule has 0 radical (unpaired) electrons. The molecule has 1 fully saturated rings. The predicted octanol–water partition coefficient (Wildman–Crippen LogP) is 1.90. The number of nitrogens with zero attached hydrogens (tertiary/aromatic N) is 1. The normalized spacial score (nSPS) is 15.4. The Morgan fingerprint density at radius 2 is 2.14 bits per heavy atom. The van der Waals surface area contributed by atoms with Gasteiger partial charge in [-0.15, -0.1) is 11.8 Å². The Morgan fingerprint density at radius 3 is 2.77 bits per heavy atom. The van der Waals surface area contributed by atoms with Crippen molar-refractivity contribution in [2.45, 2.75) is 24.8 Å². The molecule has 0 aliphatic carbocycles. The van der Waals surface area contributed by atoms with Crippen molar-refractivity contribution in [1.29, 1.82) is 0 Å². The molecule has 1 saturated heterocycles. The van der Waals surface area contributed by atoms with Gasteiger partial charge in [0.2, 0.25) is 0 Å². The number of rotatable bonds is 5. The molecule has 7 heteroatoms. The highest BCUT2D eigenvalue weighted by molar-refractivity contribution is 7.99. The van der Waals surface area contributed by atoms with E-state index in [1.54, 1.807) is 12.1 Å². The number of thioether (sulfide) groups is 1. The Labute approximate surface area is 133 Å². The molecule has 0 aromatic heterocycles. The number of nitrogens with one attached hydrogen (secondary N) is 1. The van der Waals surface area contributed by atoms with Crippen molar-refractivity contribution < 1.29 is 19.1 Å². The zero-order valence-electron chi connectivity index (χ0n) is 12.5. The summed E-state index contributed by atoms with van der Waals surface area (Å²) in [5, 5.41) is 2.54. The maximum absolute atomic E-state index is 12.2. The molecule has 1 unspecified atom stereocenters. The minimum atomic E-state index is -1.00. The minimum absolute atomic E-state index is 0.293. The van der Waals surface area contributed by atoms with Crippen molar-refractivity contribution in [3.8, 4) is 0 Å². The van der Waals surface area contributed by atoms with Gasteiger partial charge in [-0.1, -0.05) is 19.1 Å². The van der Waals surface area contributed by atoms with Crippen molar-refractivity contribution in [2.75, 3.05) is 18.8 Å². The molecule has 118 valence electrons. The second-order valence-corrected chi connectivity index (χ2v) is 6.00. The van der Waals surface area contributed by atoms with Crippen LogP contribution >= 0.6 is 11.8 Å². The molecule has 1 aliphatic heterocycles. The molecule has 1 aliphatic rings. The van der Waals surface area contributed by atoms with Crippen LogP contribution in [-0.4, -0.2) is 47.8 Å². The maximum atomic E-state index is 12.2. The second kappa shape index (κ2) is 7.31. The Morgan fingerprint density at radius 1 is 1.41 bits per heavy atom. The number of esters is 1. The molecule has 2 rings (SSSR count). The smallest absolute Gasteiger partial charge is 0.340 e. The Balaban J connectivity index is 2.05. The molecule has 1 aromatic carbocycles. The van der Waals surface area contributed by atoms with Crippen LogP contribution in [0.5, 0.6) is 0 Å². The van der Waals surface area contributed by atoms with E-state index in [0.717, 1.165) is 15.5 Å². The van der Waals surface area contributed by atoms with Gasteiger partial charge in [0.25, 0.3) is 5.91 Å². The monoisotopic (exact) mass is 322 g/mol. The van der Waals surface area contributed by atoms with E-state index in [2.05, 4.69) is 5.32 Å². The third-order valence-corrected chi connectivity index (χ3v) is 4.12. The number of carbonyl (C=O) groups excluding carboxylic acids is 3. The molecule has 3 amide bonds. The van der Waals surface area contributed by atoms with Crippen molar-refractivity contribution >= 4 is 29.7 Å². The second-order valence-electron chi connectivity index (χ2n) is 4.70. The topological polar surface area (TPSA) is 75.7 Å². The first-order chi connectivity index (χ1) is 10.5. The molecule has 1 aromatic rings. The van der Waals surface area contributed by atoms with Crippen molar-refractivity contribution in [1.82, 2.24) is 10.2 Å². The van der Waals surface area contributed by atoms with Gasteiger partial charge >= 0.3 is 12.0 Å². The lowest BCUT2D eigenvalue weighted by atomic mass is 10.2. The molecule has 6 nitrogen and oxygen atoms in total. The fourth-order valence-corrected chi connectivity index (χ4v) is 2.89. The number of carbonyl (C=O) groups is 3. The van der Waals surface area contributed by atoms with Gasteiger partial charge in [0.1, 0.15) is 0 Å². The summed E-state index contributed by atoms with van der Waals surface area (Å²) in [4.78, 5) is 37.7. The van der Waals surface area contributed by atoms with E-state index in [9.17, 15) is 14.4 Å². The summed E-state index contributed by atoms with van der Waals surface area (Å²) in [5.41, 5.74) is 0.430. The van der Waals surface area contributed by atoms with Crippen LogP contribution < -0.4 is 5.32 Å². The van der Waals surface area contributed by atoms with Crippen LogP contribution in [0.4, 0.5) is 4.79 Å². The summed E-state index contributed by atoms with van der Waals surface area (Å²) in [7, 11) is 0. The lowest BCUT2D eigenvalue weighted by Crippen LogP contribution is -2.41. The summed E-state index contributed by atoms with van der Waals surface area (Å²) >= 11 is 1.53. The van der Waals surface area contributed by atoms with E-state index in [4.69, 9.17) is 4.74 Å². The highest BCUT2D eigenvalue weighted by Gasteiger charge is 2.32. The number of urea groups is 1. The van der Waals surface area contributed by atoms with Crippen LogP contribution in [0.25, 0.3) is 0 Å². The molecule has 0 saturated carbocycles. The van der Waals surface area contributed by atoms with Crippen molar-refractivity contribution in [3.05, 3.63) is 29.8 Å². The van der Waals surface area contributed by atoms with Crippen LogP contribution in [0.1, 0.15) is 24.2 Å². The Bertz CT molecular complexity index is 591. The van der Waals surface area contributed by atoms with Gasteiger partial charge in [-0.3, -0.25) is 9.69 Å². The zero-order valence-corrected chi connectivity index (χ0v) is 13.3. The van der Waals surface area contributed by atoms with Crippen LogP contribution in [0, 0.1) is 0 Å². The highest BCUT2D eigenvalue weighted by atomic mass is 32.2. The van der Waals surface area contributed by atoms with Gasteiger partial charge in [0, 0.05) is 18.0 Å². The fourth-order valence-electron chi connectivity index (χ4n) is 2.09. The quantitative estimate of drug-likeness (QED) is 0.662. The Hall–Kier alpha value is -2.02. The van der Waals surface area contributed by atoms with E-state index in [1.807, 2.05) is 19.1 Å². The number of hydrogen-bond acceptors (Lipinski definition) is 5. The van der Waals surface area contributed by atoms with Crippen LogP contribution in [0.3, 0.4) is 0 Å². The maximum Gasteiger partial charge on any atom is 0.340 e. The van der Waals surface area contributed by atoms with Crippen molar-refractivity contribution in [3.63, 3.8) is 0 Å². The van der Waals surface area contributed by atoms with E-state index < -0.39 is 24.0 Å². The molecule has 22 heavy (non-hydrogen) atoms. The average Bonchev–Trinajstić information content (AvgIpc) is 2.93. The standard InChI is InChI=1S/C15H18N2O4S/c1-3-22-12-7-5-4-6-11(12)14(19)21-10(2)13(18)17-9-8-16-15(17)20/h4-7,10H,3,8-9H2,1-2H3,(H,16,20). The number of benzene rings is 1. The molecule has 1 heterocycles. The van der Waals surface area contributed by atoms with Gasteiger partial charge in [-0.2, -0.15) is 0 Å². The first kappa shape index (κ1) is 16.4. The predicted molar refractivity (Wildman–Crippen MR) is 82.8 cm³/mol. The van der Waals surface area contributed by atoms with Gasteiger partial charge in [0.15, 0.2) is 6.10 Å². The van der Waals surface area contributed by atoms with Gasteiger partial charge in [-0.05, 0) is 24.8 Å². The highest BCUT2D eigenvalue weighted by Crippen LogP contribution is 2.23. The van der Waals surface area contributed by atoms with Gasteiger partial charge < -0.3 is 10.1 Å². The number of ether oxygens (including phenoxy) is 1. The molecular formula is C15H18N2O4S. The van der Waals surface area contributed by atoms with E-state index >= 15 is 0 Å². The average molecular weight is 322 g/mol. The Kier molecular flexibility index (Phi) is 5.43. The van der Waals surface area contributed by atoms with Crippen molar-refractivity contribution in [2.24, 2.45) is 0 Å². The summed E-state index contributed by atoms with van der Waals surface area (Å²) in [6.45, 7) is 4.18. The fraction of sp³-hybridized carbons (Fsp3) is 0.400. The van der Waals surface area contributed by atoms with Crippen LogP contribution in [0.2, 0.25) is 0 Å². The summed E-state index contributed by atoms with van der Waals surface area (Å²) in [5.74, 6) is -0.242. The minimum Gasteiger partial charge on any atom is -0.449 e. The third-order valence-electron chi connectivity index (χ3n) is 3.16. The first-order valence-corrected chi connectivity index (χ1v) is 8.05. The largest absolute Gasteiger partial charge is 0.449 e. The zero-order chi connectivity index (χ0) is 16.1. The number of hydrogen-bond donors (Lipinski definition) is 1. The van der Waals surface area contributed by atoms with Crippen LogP contribution in [0.15, 0.2) is 29.2 Å². The number of amides is 3. The van der Waals surface area contributed by atoms with Gasteiger partial charge in [-0.25, -0.2) is 9.59 Å². The molecule has 0 spiro atoms. The first-order valence-electron chi connectivity index (χ1n) is 7.06. The molecule has 1 atom stereocenters. The summed E-state index contributed by atoms with van der Waals surface area (Å²) in [6, 6.07) is 6.65. The third kappa shape index (κ3) is 3.59.